The summed E-state index contributed by atoms with van der Waals surface area (Å²) in [6.45, 7) is 1.97. The molecule has 0 heterocycles. The summed E-state index contributed by atoms with van der Waals surface area (Å²) in [6, 6.07) is 7.18. The van der Waals surface area contributed by atoms with Gasteiger partial charge in [0.1, 0.15) is 16.8 Å². The van der Waals surface area contributed by atoms with Crippen LogP contribution in [0, 0.1) is 0 Å². The SMILES string of the molecule is CCC(Oc1cccc(Cl)c1)C(N)=S. The molecule has 4 heteroatoms. The summed E-state index contributed by atoms with van der Waals surface area (Å²) in [4.78, 5) is 0.368. The molecule has 0 amide bonds. The lowest BCUT2D eigenvalue weighted by Gasteiger charge is -2.15. The van der Waals surface area contributed by atoms with Gasteiger partial charge < -0.3 is 10.5 Å². The summed E-state index contributed by atoms with van der Waals surface area (Å²) >= 11 is 10.7. The molecule has 0 saturated carbocycles. The van der Waals surface area contributed by atoms with Crippen molar-refractivity contribution in [3.05, 3.63) is 29.3 Å². The molecule has 2 nitrogen and oxygen atoms in total. The summed E-state index contributed by atoms with van der Waals surface area (Å²) in [6.07, 6.45) is 0.533. The molecular formula is C10H12ClNOS. The quantitative estimate of drug-likeness (QED) is 0.807. The van der Waals surface area contributed by atoms with E-state index in [0.717, 1.165) is 6.42 Å². The first kappa shape index (κ1) is 11.3. The molecule has 2 N–H and O–H groups in total. The van der Waals surface area contributed by atoms with Crippen molar-refractivity contribution in [1.82, 2.24) is 0 Å². The van der Waals surface area contributed by atoms with E-state index < -0.39 is 0 Å². The second-order valence-corrected chi connectivity index (χ2v) is 3.78. The molecule has 0 aromatic heterocycles. The van der Waals surface area contributed by atoms with Crippen LogP contribution in [0.15, 0.2) is 24.3 Å². The average molecular weight is 230 g/mol. The molecule has 0 fully saturated rings. The van der Waals surface area contributed by atoms with E-state index in [0.29, 0.717) is 15.8 Å². The van der Waals surface area contributed by atoms with E-state index in [1.54, 1.807) is 12.1 Å². The lowest BCUT2D eigenvalue weighted by atomic mass is 10.2. The third-order valence-electron chi connectivity index (χ3n) is 1.76. The molecule has 1 aromatic rings. The molecule has 1 atom stereocenters. The third-order valence-corrected chi connectivity index (χ3v) is 2.26. The first-order valence-corrected chi connectivity index (χ1v) is 5.13. The molecule has 0 bridgehead atoms. The Hall–Kier alpha value is -0.800. The van der Waals surface area contributed by atoms with Gasteiger partial charge in [0, 0.05) is 5.02 Å². The lowest BCUT2D eigenvalue weighted by molar-refractivity contribution is 0.264. The number of nitrogens with two attached hydrogens (primary N) is 1. The molecule has 0 radical (unpaired) electrons. The molecule has 0 aliphatic rings. The van der Waals surface area contributed by atoms with Crippen LogP contribution >= 0.6 is 23.8 Å². The fourth-order valence-corrected chi connectivity index (χ4v) is 1.44. The van der Waals surface area contributed by atoms with Gasteiger partial charge in [-0.3, -0.25) is 0 Å². The Bertz CT molecular complexity index is 330. The maximum Gasteiger partial charge on any atom is 0.148 e. The molecule has 0 spiro atoms. The number of benzene rings is 1. The number of thiocarbonyl (C=S) groups is 1. The number of ether oxygens (including phenoxy) is 1. The van der Waals surface area contributed by atoms with Gasteiger partial charge in [-0.1, -0.05) is 36.8 Å². The molecule has 76 valence electrons. The van der Waals surface area contributed by atoms with Crippen molar-refractivity contribution in [2.24, 2.45) is 5.73 Å². The first-order valence-electron chi connectivity index (χ1n) is 4.35. The maximum atomic E-state index is 5.81. The molecule has 0 saturated heterocycles. The highest BCUT2D eigenvalue weighted by Gasteiger charge is 2.10. The number of hydrogen-bond acceptors (Lipinski definition) is 2. The summed E-state index contributed by atoms with van der Waals surface area (Å²) in [5.41, 5.74) is 5.51. The highest BCUT2D eigenvalue weighted by Crippen LogP contribution is 2.19. The smallest absolute Gasteiger partial charge is 0.148 e. The minimum Gasteiger partial charge on any atom is -0.483 e. The Kier molecular flexibility index (Phi) is 4.17. The maximum absolute atomic E-state index is 5.81. The predicted octanol–water partition coefficient (Wildman–Crippen LogP) is 2.78. The Morgan fingerprint density at radius 3 is 2.86 bits per heavy atom. The molecule has 0 aliphatic carbocycles. The van der Waals surface area contributed by atoms with E-state index in [1.807, 2.05) is 19.1 Å². The van der Waals surface area contributed by atoms with Crippen LogP contribution in [-0.4, -0.2) is 11.1 Å². The zero-order valence-electron chi connectivity index (χ0n) is 7.87. The number of rotatable bonds is 4. The lowest BCUT2D eigenvalue weighted by Crippen LogP contribution is -2.31. The molecule has 1 unspecified atom stereocenters. The Labute approximate surface area is 94.0 Å². The van der Waals surface area contributed by atoms with E-state index in [4.69, 9.17) is 34.3 Å². The van der Waals surface area contributed by atoms with Crippen molar-refractivity contribution in [3.63, 3.8) is 0 Å². The average Bonchev–Trinajstić information content (AvgIpc) is 2.14. The zero-order chi connectivity index (χ0) is 10.6. The van der Waals surface area contributed by atoms with Crippen LogP contribution < -0.4 is 10.5 Å². The third kappa shape index (κ3) is 3.16. The standard InChI is InChI=1S/C10H12ClNOS/c1-2-9(10(12)14)13-8-5-3-4-7(11)6-8/h3-6,9H,2H2,1H3,(H2,12,14). The van der Waals surface area contributed by atoms with Crippen molar-refractivity contribution < 1.29 is 4.74 Å². The second kappa shape index (κ2) is 5.17. The van der Waals surface area contributed by atoms with Crippen LogP contribution in [0.3, 0.4) is 0 Å². The highest BCUT2D eigenvalue weighted by molar-refractivity contribution is 7.80. The van der Waals surface area contributed by atoms with E-state index in [1.165, 1.54) is 0 Å². The van der Waals surface area contributed by atoms with Crippen LogP contribution in [0.25, 0.3) is 0 Å². The van der Waals surface area contributed by atoms with Crippen molar-refractivity contribution >= 4 is 28.8 Å². The van der Waals surface area contributed by atoms with E-state index in [2.05, 4.69) is 0 Å². The van der Waals surface area contributed by atoms with Gasteiger partial charge in [0.15, 0.2) is 0 Å². The molecule has 1 rings (SSSR count). The fourth-order valence-electron chi connectivity index (χ4n) is 1.05. The van der Waals surface area contributed by atoms with Crippen LogP contribution in [-0.2, 0) is 0 Å². The molecule has 1 aromatic carbocycles. The van der Waals surface area contributed by atoms with Crippen molar-refractivity contribution in [2.45, 2.75) is 19.4 Å². The normalized spacial score (nSPS) is 12.1. The molecule has 0 aliphatic heterocycles. The second-order valence-electron chi connectivity index (χ2n) is 2.87. The van der Waals surface area contributed by atoms with E-state index >= 15 is 0 Å². The summed E-state index contributed by atoms with van der Waals surface area (Å²) in [5.74, 6) is 0.692. The van der Waals surface area contributed by atoms with Gasteiger partial charge in [-0.2, -0.15) is 0 Å². The minimum atomic E-state index is -0.219. The van der Waals surface area contributed by atoms with Crippen molar-refractivity contribution in [1.29, 1.82) is 0 Å². The van der Waals surface area contributed by atoms with Gasteiger partial charge in [-0.25, -0.2) is 0 Å². The molecule has 14 heavy (non-hydrogen) atoms. The number of halogens is 1. The van der Waals surface area contributed by atoms with Crippen molar-refractivity contribution in [3.8, 4) is 5.75 Å². The van der Waals surface area contributed by atoms with Crippen LogP contribution in [0.4, 0.5) is 0 Å². The Morgan fingerprint density at radius 2 is 2.36 bits per heavy atom. The Morgan fingerprint density at radius 1 is 1.64 bits per heavy atom. The monoisotopic (exact) mass is 229 g/mol. The van der Waals surface area contributed by atoms with Crippen LogP contribution in [0.5, 0.6) is 5.75 Å². The van der Waals surface area contributed by atoms with Gasteiger partial charge in [-0.15, -0.1) is 0 Å². The molecular weight excluding hydrogens is 218 g/mol. The largest absolute Gasteiger partial charge is 0.483 e. The summed E-state index contributed by atoms with van der Waals surface area (Å²) < 4.78 is 5.56. The summed E-state index contributed by atoms with van der Waals surface area (Å²) in [7, 11) is 0. The van der Waals surface area contributed by atoms with E-state index in [-0.39, 0.29) is 6.10 Å². The predicted molar refractivity (Wildman–Crippen MR) is 62.9 cm³/mol. The first-order chi connectivity index (χ1) is 6.63. The van der Waals surface area contributed by atoms with Gasteiger partial charge in [0.2, 0.25) is 0 Å². The van der Waals surface area contributed by atoms with Gasteiger partial charge >= 0.3 is 0 Å². The van der Waals surface area contributed by atoms with Gasteiger partial charge in [0.05, 0.1) is 0 Å². The van der Waals surface area contributed by atoms with Crippen LogP contribution in [0.2, 0.25) is 5.02 Å². The van der Waals surface area contributed by atoms with Crippen molar-refractivity contribution in [2.75, 3.05) is 0 Å². The van der Waals surface area contributed by atoms with Gasteiger partial charge in [0.25, 0.3) is 0 Å². The Balaban J connectivity index is 2.72. The van der Waals surface area contributed by atoms with Gasteiger partial charge in [-0.05, 0) is 24.6 Å². The van der Waals surface area contributed by atoms with E-state index in [9.17, 15) is 0 Å². The fraction of sp³-hybridized carbons (Fsp3) is 0.300. The zero-order valence-corrected chi connectivity index (χ0v) is 9.44. The number of hydrogen-bond donors (Lipinski definition) is 1. The minimum absolute atomic E-state index is 0.219. The highest BCUT2D eigenvalue weighted by atomic mass is 35.5. The summed E-state index contributed by atoms with van der Waals surface area (Å²) in [5, 5.41) is 0.639. The topological polar surface area (TPSA) is 35.2 Å². The van der Waals surface area contributed by atoms with Crippen LogP contribution in [0.1, 0.15) is 13.3 Å².